The van der Waals surface area contributed by atoms with Crippen molar-refractivity contribution in [2.75, 3.05) is 6.79 Å². The zero-order chi connectivity index (χ0) is 21.8. The van der Waals surface area contributed by atoms with Crippen molar-refractivity contribution < 1.29 is 14.3 Å². The van der Waals surface area contributed by atoms with Crippen molar-refractivity contribution in [3.05, 3.63) is 76.1 Å². The van der Waals surface area contributed by atoms with Crippen molar-refractivity contribution in [1.82, 2.24) is 15.1 Å². The molecule has 1 aromatic heterocycles. The van der Waals surface area contributed by atoms with Gasteiger partial charge in [-0.15, -0.1) is 0 Å². The summed E-state index contributed by atoms with van der Waals surface area (Å²) in [5.74, 6) is 1.69. The van der Waals surface area contributed by atoms with Crippen molar-refractivity contribution in [3.8, 4) is 22.8 Å². The van der Waals surface area contributed by atoms with Gasteiger partial charge in [0.1, 0.15) is 0 Å². The largest absolute Gasteiger partial charge is 0.454 e. The first-order chi connectivity index (χ1) is 15.0. The van der Waals surface area contributed by atoms with Gasteiger partial charge in [0.05, 0.1) is 12.2 Å². The molecule has 0 aliphatic carbocycles. The topological polar surface area (TPSA) is 82.5 Å². The summed E-state index contributed by atoms with van der Waals surface area (Å²) in [4.78, 5) is 24.5. The number of aryl methyl sites for hydroxylation is 1. The number of ether oxygens (including phenoxy) is 2. The average molecular weight is 419 g/mol. The lowest BCUT2D eigenvalue weighted by atomic mass is 10.0. The van der Waals surface area contributed by atoms with Crippen molar-refractivity contribution >= 4 is 5.91 Å². The molecule has 0 atom stereocenters. The van der Waals surface area contributed by atoms with E-state index in [-0.39, 0.29) is 31.2 Å². The Hall–Kier alpha value is -3.61. The molecule has 0 unspecified atom stereocenters. The third-order valence-corrected chi connectivity index (χ3v) is 5.22. The predicted molar refractivity (Wildman–Crippen MR) is 117 cm³/mol. The molecule has 0 radical (unpaired) electrons. The van der Waals surface area contributed by atoms with E-state index in [0.717, 1.165) is 11.1 Å². The number of fused-ring (bicyclic) bond motifs is 1. The molecule has 1 N–H and O–H groups in total. The molecule has 7 heteroatoms. The summed E-state index contributed by atoms with van der Waals surface area (Å²) in [7, 11) is 0. The highest BCUT2D eigenvalue weighted by Gasteiger charge is 2.13. The normalized spacial score (nSPS) is 12.2. The average Bonchev–Trinajstić information content (AvgIpc) is 3.25. The molecule has 0 spiro atoms. The molecule has 0 saturated heterocycles. The second kappa shape index (κ2) is 9.04. The van der Waals surface area contributed by atoms with Crippen LogP contribution in [0.25, 0.3) is 11.3 Å². The Morgan fingerprint density at radius 2 is 1.84 bits per heavy atom. The van der Waals surface area contributed by atoms with Gasteiger partial charge in [-0.05, 0) is 35.2 Å². The molecule has 1 aliphatic rings. The molecule has 3 aromatic rings. The Kier molecular flexibility index (Phi) is 6.02. The first-order valence-electron chi connectivity index (χ1n) is 10.3. The van der Waals surface area contributed by atoms with Crippen molar-refractivity contribution in [3.63, 3.8) is 0 Å². The van der Waals surface area contributed by atoms with E-state index in [9.17, 15) is 9.59 Å². The summed E-state index contributed by atoms with van der Waals surface area (Å²) in [6.45, 7) is 5.09. The third-order valence-electron chi connectivity index (χ3n) is 5.22. The molecule has 4 rings (SSSR count). The number of hydrogen-bond donors (Lipinski definition) is 1. The number of carbonyl (C=O) groups excluding carboxylic acids is 1. The zero-order valence-corrected chi connectivity index (χ0v) is 17.6. The van der Waals surface area contributed by atoms with E-state index < -0.39 is 0 Å². The van der Waals surface area contributed by atoms with Gasteiger partial charge >= 0.3 is 0 Å². The molecule has 1 aliphatic heterocycles. The first kappa shape index (κ1) is 20.7. The number of rotatable bonds is 7. The second-order valence-corrected chi connectivity index (χ2v) is 7.77. The summed E-state index contributed by atoms with van der Waals surface area (Å²) >= 11 is 0. The van der Waals surface area contributed by atoms with E-state index in [0.29, 0.717) is 29.7 Å². The van der Waals surface area contributed by atoms with Gasteiger partial charge in [-0.25, -0.2) is 4.68 Å². The standard InChI is InChI=1S/C24H25N3O4/c1-16(2)18-4-6-19(7-5-18)20-8-10-24(29)27(26-20)12-11-23(28)25-14-17-3-9-21-22(13-17)31-15-30-21/h3-10,13,16H,11-12,14-15H2,1-2H3,(H,25,28). The monoisotopic (exact) mass is 419 g/mol. The molecule has 2 heterocycles. The molecular weight excluding hydrogens is 394 g/mol. The fourth-order valence-corrected chi connectivity index (χ4v) is 3.35. The number of nitrogens with one attached hydrogen (secondary N) is 1. The number of amides is 1. The summed E-state index contributed by atoms with van der Waals surface area (Å²) in [5, 5.41) is 7.30. The number of benzene rings is 2. The summed E-state index contributed by atoms with van der Waals surface area (Å²) in [5.41, 5.74) is 3.57. The second-order valence-electron chi connectivity index (χ2n) is 7.77. The fraction of sp³-hybridized carbons (Fsp3) is 0.292. The van der Waals surface area contributed by atoms with Gasteiger partial charge in [-0.3, -0.25) is 9.59 Å². The van der Waals surface area contributed by atoms with Crippen LogP contribution in [0.15, 0.2) is 59.4 Å². The van der Waals surface area contributed by atoms with E-state index >= 15 is 0 Å². The molecule has 0 bridgehead atoms. The van der Waals surface area contributed by atoms with Crippen LogP contribution in [0.5, 0.6) is 11.5 Å². The molecular formula is C24H25N3O4. The van der Waals surface area contributed by atoms with Gasteiger partial charge in [-0.2, -0.15) is 5.10 Å². The summed E-state index contributed by atoms with van der Waals surface area (Å²) < 4.78 is 12.0. The van der Waals surface area contributed by atoms with Crippen LogP contribution < -0.4 is 20.3 Å². The van der Waals surface area contributed by atoms with E-state index in [1.807, 2.05) is 30.3 Å². The minimum atomic E-state index is -0.230. The fourth-order valence-electron chi connectivity index (χ4n) is 3.35. The van der Waals surface area contributed by atoms with E-state index in [4.69, 9.17) is 9.47 Å². The lowest BCUT2D eigenvalue weighted by Gasteiger charge is -2.10. The number of nitrogens with zero attached hydrogens (tertiary/aromatic N) is 2. The Morgan fingerprint density at radius 1 is 1.06 bits per heavy atom. The molecule has 7 nitrogen and oxygen atoms in total. The van der Waals surface area contributed by atoms with Gasteiger partial charge in [0, 0.05) is 24.6 Å². The van der Waals surface area contributed by atoms with Crippen molar-refractivity contribution in [2.45, 2.75) is 39.3 Å². The lowest BCUT2D eigenvalue weighted by Crippen LogP contribution is -2.28. The maximum atomic E-state index is 12.3. The highest BCUT2D eigenvalue weighted by Crippen LogP contribution is 2.32. The summed E-state index contributed by atoms with van der Waals surface area (Å²) in [6.07, 6.45) is 0.160. The minimum absolute atomic E-state index is 0.155. The number of carbonyl (C=O) groups is 1. The Morgan fingerprint density at radius 3 is 2.61 bits per heavy atom. The van der Waals surface area contributed by atoms with Gasteiger partial charge in [0.2, 0.25) is 12.7 Å². The maximum absolute atomic E-state index is 12.3. The van der Waals surface area contributed by atoms with Crippen LogP contribution >= 0.6 is 0 Å². The van der Waals surface area contributed by atoms with Gasteiger partial charge in [0.15, 0.2) is 11.5 Å². The van der Waals surface area contributed by atoms with Crippen molar-refractivity contribution in [1.29, 1.82) is 0 Å². The Bertz CT molecular complexity index is 1140. The van der Waals surface area contributed by atoms with E-state index in [1.165, 1.54) is 16.3 Å². The highest BCUT2D eigenvalue weighted by molar-refractivity contribution is 5.75. The van der Waals surface area contributed by atoms with Crippen LogP contribution in [0.3, 0.4) is 0 Å². The molecule has 2 aromatic carbocycles. The first-order valence-corrected chi connectivity index (χ1v) is 10.3. The van der Waals surface area contributed by atoms with Crippen LogP contribution in [-0.2, 0) is 17.9 Å². The Balaban J connectivity index is 1.36. The lowest BCUT2D eigenvalue weighted by molar-refractivity contribution is -0.121. The van der Waals surface area contributed by atoms with Gasteiger partial charge in [0.25, 0.3) is 5.56 Å². The number of aromatic nitrogens is 2. The molecule has 160 valence electrons. The van der Waals surface area contributed by atoms with Crippen LogP contribution in [-0.4, -0.2) is 22.5 Å². The molecule has 0 fully saturated rings. The van der Waals surface area contributed by atoms with Crippen LogP contribution in [0.4, 0.5) is 0 Å². The van der Waals surface area contributed by atoms with Gasteiger partial charge in [-0.1, -0.05) is 44.2 Å². The van der Waals surface area contributed by atoms with Gasteiger partial charge < -0.3 is 14.8 Å². The Labute approximate surface area is 180 Å². The quantitative estimate of drug-likeness (QED) is 0.634. The molecule has 1 amide bonds. The maximum Gasteiger partial charge on any atom is 0.266 e. The summed E-state index contributed by atoms with van der Waals surface area (Å²) in [6, 6.07) is 16.9. The molecule has 31 heavy (non-hydrogen) atoms. The zero-order valence-electron chi connectivity index (χ0n) is 17.6. The molecule has 0 saturated carbocycles. The van der Waals surface area contributed by atoms with Crippen LogP contribution in [0.1, 0.15) is 37.3 Å². The van der Waals surface area contributed by atoms with Crippen LogP contribution in [0.2, 0.25) is 0 Å². The third kappa shape index (κ3) is 4.94. The predicted octanol–water partition coefficient (Wildman–Crippen LogP) is 3.47. The van der Waals surface area contributed by atoms with E-state index in [2.05, 4.69) is 36.4 Å². The van der Waals surface area contributed by atoms with Crippen LogP contribution in [0, 0.1) is 0 Å². The van der Waals surface area contributed by atoms with Crippen molar-refractivity contribution in [2.24, 2.45) is 0 Å². The number of hydrogen-bond acceptors (Lipinski definition) is 5. The minimum Gasteiger partial charge on any atom is -0.454 e. The smallest absolute Gasteiger partial charge is 0.266 e. The van der Waals surface area contributed by atoms with E-state index in [1.54, 1.807) is 6.07 Å². The SMILES string of the molecule is CC(C)c1ccc(-c2ccc(=O)n(CCC(=O)NCc3ccc4c(c3)OCO4)n2)cc1. The highest BCUT2D eigenvalue weighted by atomic mass is 16.7.